The Morgan fingerprint density at radius 1 is 1.08 bits per heavy atom. The van der Waals surface area contributed by atoms with Crippen molar-refractivity contribution in [2.45, 2.75) is 83.6 Å². The molecular formula is C32H39N3O2. The lowest BCUT2D eigenvalue weighted by Crippen LogP contribution is -2.44. The molecule has 2 aromatic carbocycles. The zero-order chi connectivity index (χ0) is 25.4. The van der Waals surface area contributed by atoms with Crippen LogP contribution in [0.25, 0.3) is 0 Å². The Kier molecular flexibility index (Phi) is 6.64. The second kappa shape index (κ2) is 10.1. The van der Waals surface area contributed by atoms with E-state index in [1.165, 1.54) is 16.7 Å². The number of aromatic nitrogens is 3. The van der Waals surface area contributed by atoms with Crippen molar-refractivity contribution in [2.75, 3.05) is 0 Å². The maximum Gasteiger partial charge on any atom is 0.139 e. The summed E-state index contributed by atoms with van der Waals surface area (Å²) in [5.74, 6) is 3.02. The molecule has 194 valence electrons. The fraction of sp³-hybridized carbons (Fsp3) is 0.531. The van der Waals surface area contributed by atoms with Gasteiger partial charge in [0, 0.05) is 24.6 Å². The van der Waals surface area contributed by atoms with Crippen molar-refractivity contribution >= 4 is 5.78 Å². The normalized spacial score (nSPS) is 28.5. The van der Waals surface area contributed by atoms with Gasteiger partial charge in [0.1, 0.15) is 11.5 Å². The number of carbonyl (C=O) groups is 1. The number of hydrogen-bond acceptors (Lipinski definition) is 4. The second-order valence-corrected chi connectivity index (χ2v) is 12.0. The maximum atomic E-state index is 13.3. The van der Waals surface area contributed by atoms with Gasteiger partial charge >= 0.3 is 0 Å². The molecule has 1 unspecified atom stereocenters. The van der Waals surface area contributed by atoms with Crippen LogP contribution < -0.4 is 0 Å². The molecule has 3 aliphatic carbocycles. The second-order valence-electron chi connectivity index (χ2n) is 12.0. The SMILES string of the molecule is CC12CC[C@@H]3c4ccc(O)cc4CC[C@H]3[C@@H]1[C@H](CCCCn1cc(CCc3ccccc3)nn1)CC2=O. The molecule has 0 aliphatic heterocycles. The highest BCUT2D eigenvalue weighted by molar-refractivity contribution is 5.87. The summed E-state index contributed by atoms with van der Waals surface area (Å²) >= 11 is 0. The molecule has 5 nitrogen and oxygen atoms in total. The fourth-order valence-electron chi connectivity index (χ4n) is 8.05. The average Bonchev–Trinajstić information content (AvgIpc) is 3.47. The van der Waals surface area contributed by atoms with Crippen LogP contribution in [0.1, 0.15) is 80.2 Å². The first-order valence-electron chi connectivity index (χ1n) is 14.3. The van der Waals surface area contributed by atoms with Gasteiger partial charge in [0.05, 0.1) is 5.69 Å². The number of unbranched alkanes of at least 4 members (excludes halogenated alkanes) is 1. The molecule has 2 fully saturated rings. The Hall–Kier alpha value is -2.95. The lowest BCUT2D eigenvalue weighted by atomic mass is 9.54. The number of benzene rings is 2. The van der Waals surface area contributed by atoms with Crippen molar-refractivity contribution < 1.29 is 9.90 Å². The van der Waals surface area contributed by atoms with Gasteiger partial charge in [-0.05, 0) is 104 Å². The number of aryl methyl sites for hydroxylation is 4. The van der Waals surface area contributed by atoms with Crippen LogP contribution in [-0.2, 0) is 30.6 Å². The number of carbonyl (C=O) groups excluding carboxylic acids is 1. The molecule has 0 radical (unpaired) electrons. The number of hydrogen-bond donors (Lipinski definition) is 1. The summed E-state index contributed by atoms with van der Waals surface area (Å²) in [6, 6.07) is 16.5. The quantitative estimate of drug-likeness (QED) is 0.371. The molecule has 0 amide bonds. The summed E-state index contributed by atoms with van der Waals surface area (Å²) in [5.41, 5.74) is 5.00. The number of fused-ring (bicyclic) bond motifs is 5. The minimum absolute atomic E-state index is 0.139. The molecule has 5 atom stereocenters. The molecular weight excluding hydrogens is 458 g/mol. The maximum absolute atomic E-state index is 13.3. The monoisotopic (exact) mass is 497 g/mol. The predicted molar refractivity (Wildman–Crippen MR) is 144 cm³/mol. The molecule has 0 saturated heterocycles. The van der Waals surface area contributed by atoms with E-state index in [2.05, 4.69) is 59.8 Å². The lowest BCUT2D eigenvalue weighted by molar-refractivity contribution is -0.129. The molecule has 0 bridgehead atoms. The first-order valence-corrected chi connectivity index (χ1v) is 14.3. The van der Waals surface area contributed by atoms with Gasteiger partial charge in [-0.1, -0.05) is 55.0 Å². The molecule has 3 aliphatic rings. The summed E-state index contributed by atoms with van der Waals surface area (Å²) in [5, 5.41) is 18.7. The molecule has 1 aromatic heterocycles. The Morgan fingerprint density at radius 2 is 1.95 bits per heavy atom. The van der Waals surface area contributed by atoms with Crippen LogP contribution in [0.2, 0.25) is 0 Å². The number of phenols is 1. The largest absolute Gasteiger partial charge is 0.508 e. The Balaban J connectivity index is 1.05. The van der Waals surface area contributed by atoms with Crippen molar-refractivity contribution in [1.82, 2.24) is 15.0 Å². The van der Waals surface area contributed by atoms with Crippen molar-refractivity contribution in [3.05, 3.63) is 77.1 Å². The van der Waals surface area contributed by atoms with Crippen molar-refractivity contribution in [3.63, 3.8) is 0 Å². The molecule has 1 N–H and O–H groups in total. The predicted octanol–water partition coefficient (Wildman–Crippen LogP) is 6.29. The van der Waals surface area contributed by atoms with E-state index in [0.29, 0.717) is 35.2 Å². The number of rotatable bonds is 8. The van der Waals surface area contributed by atoms with Crippen LogP contribution in [0.5, 0.6) is 5.75 Å². The third-order valence-electron chi connectivity index (χ3n) is 9.86. The van der Waals surface area contributed by atoms with Gasteiger partial charge in [0.25, 0.3) is 0 Å². The Bertz CT molecular complexity index is 1250. The number of nitrogens with zero attached hydrogens (tertiary/aromatic N) is 3. The first-order chi connectivity index (χ1) is 18.0. The third kappa shape index (κ3) is 4.73. The van der Waals surface area contributed by atoms with Gasteiger partial charge in [-0.3, -0.25) is 9.48 Å². The van der Waals surface area contributed by atoms with E-state index in [-0.39, 0.29) is 5.41 Å². The first kappa shape index (κ1) is 24.4. The molecule has 37 heavy (non-hydrogen) atoms. The van der Waals surface area contributed by atoms with Crippen molar-refractivity contribution in [3.8, 4) is 5.75 Å². The smallest absolute Gasteiger partial charge is 0.139 e. The summed E-state index contributed by atoms with van der Waals surface area (Å²) in [4.78, 5) is 13.3. The molecule has 3 aromatic rings. The van der Waals surface area contributed by atoms with Gasteiger partial charge in [-0.15, -0.1) is 5.10 Å². The molecule has 2 saturated carbocycles. The Labute approximate surface area is 220 Å². The van der Waals surface area contributed by atoms with Crippen LogP contribution in [-0.4, -0.2) is 25.9 Å². The number of phenolic OH excluding ortho intramolecular Hbond substituents is 1. The molecule has 6 rings (SSSR count). The topological polar surface area (TPSA) is 68.0 Å². The highest BCUT2D eigenvalue weighted by Crippen LogP contribution is 2.62. The van der Waals surface area contributed by atoms with E-state index in [1.807, 2.05) is 16.8 Å². The van der Waals surface area contributed by atoms with Gasteiger partial charge in [-0.2, -0.15) is 0 Å². The van der Waals surface area contributed by atoms with E-state index in [9.17, 15) is 9.90 Å². The van der Waals surface area contributed by atoms with E-state index in [1.54, 1.807) is 0 Å². The van der Waals surface area contributed by atoms with E-state index < -0.39 is 0 Å². The highest BCUT2D eigenvalue weighted by atomic mass is 16.3. The molecule has 5 heteroatoms. The number of aromatic hydroxyl groups is 1. The summed E-state index contributed by atoms with van der Waals surface area (Å²) < 4.78 is 1.99. The highest BCUT2D eigenvalue weighted by Gasteiger charge is 2.58. The minimum atomic E-state index is -0.139. The summed E-state index contributed by atoms with van der Waals surface area (Å²) in [7, 11) is 0. The van der Waals surface area contributed by atoms with Crippen LogP contribution in [0.3, 0.4) is 0 Å². The van der Waals surface area contributed by atoms with Crippen LogP contribution in [0, 0.1) is 23.2 Å². The standard InChI is InChI=1S/C32H39N3O2/c1-32-17-16-28-27-15-13-26(36)19-23(27)11-14-29(28)31(32)24(20-30(32)37)9-5-6-18-35-21-25(33-34-35)12-10-22-7-3-2-4-8-22/h2-4,7-8,13,15,19,21,24,28-29,31,36H,5-6,9-12,14,16-18,20H2,1H3/t24-,28-,29-,31+,32?/m1/s1. The van der Waals surface area contributed by atoms with Crippen LogP contribution >= 0.6 is 0 Å². The lowest BCUT2D eigenvalue weighted by Gasteiger charge is -2.50. The number of Topliss-reactive ketones (excluding diaryl/α,β-unsaturated/α-hetero) is 1. The summed E-state index contributed by atoms with van der Waals surface area (Å²) in [6.07, 6.45) is 12.4. The fourth-order valence-corrected chi connectivity index (χ4v) is 8.05. The minimum Gasteiger partial charge on any atom is -0.508 e. The van der Waals surface area contributed by atoms with E-state index in [0.717, 1.165) is 76.4 Å². The van der Waals surface area contributed by atoms with Gasteiger partial charge in [0.15, 0.2) is 0 Å². The van der Waals surface area contributed by atoms with Crippen molar-refractivity contribution in [1.29, 1.82) is 0 Å². The zero-order valence-electron chi connectivity index (χ0n) is 22.0. The average molecular weight is 498 g/mol. The number of ketones is 1. The van der Waals surface area contributed by atoms with Gasteiger partial charge in [-0.25, -0.2) is 0 Å². The third-order valence-corrected chi connectivity index (χ3v) is 9.86. The van der Waals surface area contributed by atoms with Gasteiger partial charge in [0.2, 0.25) is 0 Å². The van der Waals surface area contributed by atoms with Crippen LogP contribution in [0.15, 0.2) is 54.7 Å². The zero-order valence-corrected chi connectivity index (χ0v) is 22.0. The van der Waals surface area contributed by atoms with E-state index >= 15 is 0 Å². The van der Waals surface area contributed by atoms with E-state index in [4.69, 9.17) is 0 Å². The molecule has 1 heterocycles. The molecule has 0 spiro atoms. The van der Waals surface area contributed by atoms with Crippen molar-refractivity contribution in [2.24, 2.45) is 23.2 Å². The van der Waals surface area contributed by atoms with Gasteiger partial charge < -0.3 is 5.11 Å². The summed E-state index contributed by atoms with van der Waals surface area (Å²) in [6.45, 7) is 3.17. The van der Waals surface area contributed by atoms with Crippen LogP contribution in [0.4, 0.5) is 0 Å². The Morgan fingerprint density at radius 3 is 2.81 bits per heavy atom.